The molecule has 0 radical (unpaired) electrons. The standard InChI is InChI=1S/C16H21NO3/c1-11-4-2-7-14(11)16(20)17-13-6-3-5-12(10-13)8-9-15(18)19/h3,5-6,10-11,14H,2,4,7-9H2,1H3,(H,17,20)(H,18,19). The first-order chi connectivity index (χ1) is 9.56. The van der Waals surface area contributed by atoms with Gasteiger partial charge in [-0.05, 0) is 42.9 Å². The number of anilines is 1. The number of nitrogens with one attached hydrogen (secondary N) is 1. The predicted octanol–water partition coefficient (Wildman–Crippen LogP) is 3.08. The van der Waals surface area contributed by atoms with Crippen molar-refractivity contribution in [3.8, 4) is 0 Å². The molecule has 4 heteroatoms. The van der Waals surface area contributed by atoms with Gasteiger partial charge in [0.15, 0.2) is 0 Å². The van der Waals surface area contributed by atoms with E-state index in [0.29, 0.717) is 12.3 Å². The number of hydrogen-bond donors (Lipinski definition) is 2. The van der Waals surface area contributed by atoms with E-state index in [-0.39, 0.29) is 18.2 Å². The van der Waals surface area contributed by atoms with Crippen molar-refractivity contribution in [3.05, 3.63) is 29.8 Å². The normalized spacial score (nSPS) is 21.6. The summed E-state index contributed by atoms with van der Waals surface area (Å²) in [5.74, 6) is -0.160. The number of carboxylic acids is 1. The molecule has 2 rings (SSSR count). The molecule has 4 nitrogen and oxygen atoms in total. The minimum atomic E-state index is -0.806. The van der Waals surface area contributed by atoms with Crippen molar-refractivity contribution >= 4 is 17.6 Å². The lowest BCUT2D eigenvalue weighted by molar-refractivity contribution is -0.137. The molecule has 0 bridgehead atoms. The summed E-state index contributed by atoms with van der Waals surface area (Å²) in [6, 6.07) is 7.45. The van der Waals surface area contributed by atoms with Crippen molar-refractivity contribution in [1.29, 1.82) is 0 Å². The van der Waals surface area contributed by atoms with E-state index in [2.05, 4.69) is 12.2 Å². The average molecular weight is 275 g/mol. The van der Waals surface area contributed by atoms with Gasteiger partial charge < -0.3 is 10.4 Å². The molecule has 1 aromatic rings. The molecule has 0 saturated heterocycles. The van der Waals surface area contributed by atoms with Gasteiger partial charge in [-0.1, -0.05) is 25.5 Å². The van der Waals surface area contributed by atoms with Gasteiger partial charge in [-0.15, -0.1) is 0 Å². The highest BCUT2D eigenvalue weighted by Gasteiger charge is 2.29. The monoisotopic (exact) mass is 275 g/mol. The molecule has 2 N–H and O–H groups in total. The lowest BCUT2D eigenvalue weighted by Gasteiger charge is -2.15. The molecule has 0 spiro atoms. The van der Waals surface area contributed by atoms with E-state index in [4.69, 9.17) is 5.11 Å². The fraction of sp³-hybridized carbons (Fsp3) is 0.500. The summed E-state index contributed by atoms with van der Waals surface area (Å²) in [7, 11) is 0. The second-order valence-electron chi connectivity index (χ2n) is 5.60. The maximum absolute atomic E-state index is 12.2. The van der Waals surface area contributed by atoms with E-state index in [1.54, 1.807) is 0 Å². The summed E-state index contributed by atoms with van der Waals surface area (Å²) in [5.41, 5.74) is 1.70. The first-order valence-corrected chi connectivity index (χ1v) is 7.18. The Morgan fingerprint density at radius 2 is 2.15 bits per heavy atom. The number of hydrogen-bond acceptors (Lipinski definition) is 2. The molecular formula is C16H21NO3. The molecule has 0 heterocycles. The van der Waals surface area contributed by atoms with E-state index in [0.717, 1.165) is 30.5 Å². The summed E-state index contributed by atoms with van der Waals surface area (Å²) in [4.78, 5) is 22.8. The predicted molar refractivity (Wildman–Crippen MR) is 77.5 cm³/mol. The zero-order valence-corrected chi connectivity index (χ0v) is 11.8. The van der Waals surface area contributed by atoms with Gasteiger partial charge in [0.1, 0.15) is 0 Å². The molecule has 2 atom stereocenters. The van der Waals surface area contributed by atoms with Gasteiger partial charge in [0.05, 0.1) is 0 Å². The Labute approximate surface area is 119 Å². The Morgan fingerprint density at radius 3 is 2.80 bits per heavy atom. The second kappa shape index (κ2) is 6.55. The third-order valence-electron chi connectivity index (χ3n) is 4.02. The molecule has 108 valence electrons. The smallest absolute Gasteiger partial charge is 0.303 e. The van der Waals surface area contributed by atoms with E-state index in [9.17, 15) is 9.59 Å². The molecule has 0 aromatic heterocycles. The van der Waals surface area contributed by atoms with Gasteiger partial charge >= 0.3 is 5.97 Å². The van der Waals surface area contributed by atoms with E-state index in [1.807, 2.05) is 24.3 Å². The molecule has 1 saturated carbocycles. The molecule has 20 heavy (non-hydrogen) atoms. The molecule has 1 aliphatic carbocycles. The summed E-state index contributed by atoms with van der Waals surface area (Å²) in [6.45, 7) is 2.13. The van der Waals surface area contributed by atoms with Crippen LogP contribution in [0.15, 0.2) is 24.3 Å². The number of aryl methyl sites for hydroxylation is 1. The fourth-order valence-electron chi connectivity index (χ4n) is 2.83. The molecule has 0 aliphatic heterocycles. The molecule has 1 aromatic carbocycles. The van der Waals surface area contributed by atoms with Gasteiger partial charge in [-0.25, -0.2) is 0 Å². The van der Waals surface area contributed by atoms with E-state index in [1.165, 1.54) is 0 Å². The SMILES string of the molecule is CC1CCCC1C(=O)Nc1cccc(CCC(=O)O)c1. The van der Waals surface area contributed by atoms with Crippen LogP contribution in [0.4, 0.5) is 5.69 Å². The Kier molecular flexibility index (Phi) is 4.77. The van der Waals surface area contributed by atoms with Crippen LogP contribution in [0.5, 0.6) is 0 Å². The number of aliphatic carboxylic acids is 1. The minimum Gasteiger partial charge on any atom is -0.481 e. The van der Waals surface area contributed by atoms with Crippen LogP contribution in [-0.2, 0) is 16.0 Å². The Hall–Kier alpha value is -1.84. The van der Waals surface area contributed by atoms with Crippen molar-refractivity contribution in [2.24, 2.45) is 11.8 Å². The fourth-order valence-corrected chi connectivity index (χ4v) is 2.83. The van der Waals surface area contributed by atoms with Crippen LogP contribution in [0.1, 0.15) is 38.2 Å². The van der Waals surface area contributed by atoms with Gasteiger partial charge in [-0.2, -0.15) is 0 Å². The van der Waals surface area contributed by atoms with E-state index >= 15 is 0 Å². The van der Waals surface area contributed by atoms with Gasteiger partial charge in [0, 0.05) is 18.0 Å². The highest BCUT2D eigenvalue weighted by Crippen LogP contribution is 2.32. The second-order valence-corrected chi connectivity index (χ2v) is 5.60. The van der Waals surface area contributed by atoms with Crippen LogP contribution >= 0.6 is 0 Å². The number of rotatable bonds is 5. The maximum Gasteiger partial charge on any atom is 0.303 e. The molecule has 2 unspecified atom stereocenters. The van der Waals surface area contributed by atoms with Gasteiger partial charge in [0.2, 0.25) is 5.91 Å². The Morgan fingerprint density at radius 1 is 1.35 bits per heavy atom. The molecule has 1 aliphatic rings. The summed E-state index contributed by atoms with van der Waals surface area (Å²) < 4.78 is 0. The molecular weight excluding hydrogens is 254 g/mol. The lowest BCUT2D eigenvalue weighted by atomic mass is 9.97. The van der Waals surface area contributed by atoms with Crippen molar-refractivity contribution < 1.29 is 14.7 Å². The third-order valence-corrected chi connectivity index (χ3v) is 4.02. The summed E-state index contributed by atoms with van der Waals surface area (Å²) in [6.07, 6.45) is 3.80. The third kappa shape index (κ3) is 3.83. The Balaban J connectivity index is 1.96. The van der Waals surface area contributed by atoms with Crippen LogP contribution in [-0.4, -0.2) is 17.0 Å². The van der Waals surface area contributed by atoms with Crippen LogP contribution in [0.2, 0.25) is 0 Å². The van der Waals surface area contributed by atoms with Crippen LogP contribution in [0.25, 0.3) is 0 Å². The van der Waals surface area contributed by atoms with Crippen molar-refractivity contribution in [1.82, 2.24) is 0 Å². The molecule has 1 amide bonds. The zero-order valence-electron chi connectivity index (χ0n) is 11.8. The van der Waals surface area contributed by atoms with Crippen LogP contribution in [0, 0.1) is 11.8 Å². The highest BCUT2D eigenvalue weighted by atomic mass is 16.4. The quantitative estimate of drug-likeness (QED) is 0.867. The van der Waals surface area contributed by atoms with Crippen LogP contribution < -0.4 is 5.32 Å². The largest absolute Gasteiger partial charge is 0.481 e. The number of carboxylic acid groups (broad SMARTS) is 1. The number of benzene rings is 1. The first kappa shape index (κ1) is 14.6. The Bertz CT molecular complexity index is 498. The topological polar surface area (TPSA) is 66.4 Å². The van der Waals surface area contributed by atoms with Gasteiger partial charge in [0.25, 0.3) is 0 Å². The van der Waals surface area contributed by atoms with E-state index < -0.39 is 5.97 Å². The van der Waals surface area contributed by atoms with Gasteiger partial charge in [-0.3, -0.25) is 9.59 Å². The molecule has 1 fully saturated rings. The summed E-state index contributed by atoms with van der Waals surface area (Å²) in [5, 5.41) is 11.6. The van der Waals surface area contributed by atoms with Crippen molar-refractivity contribution in [2.45, 2.75) is 39.0 Å². The lowest BCUT2D eigenvalue weighted by Crippen LogP contribution is -2.24. The minimum absolute atomic E-state index is 0.0883. The number of amides is 1. The number of carbonyl (C=O) groups excluding carboxylic acids is 1. The van der Waals surface area contributed by atoms with Crippen LogP contribution in [0.3, 0.4) is 0 Å². The number of carbonyl (C=O) groups is 2. The first-order valence-electron chi connectivity index (χ1n) is 7.18. The maximum atomic E-state index is 12.2. The van der Waals surface area contributed by atoms with Crippen molar-refractivity contribution in [3.63, 3.8) is 0 Å². The van der Waals surface area contributed by atoms with Crippen molar-refractivity contribution in [2.75, 3.05) is 5.32 Å². The summed E-state index contributed by atoms with van der Waals surface area (Å²) >= 11 is 0. The highest BCUT2D eigenvalue weighted by molar-refractivity contribution is 5.93. The average Bonchev–Trinajstić information content (AvgIpc) is 2.83. The zero-order chi connectivity index (χ0) is 14.5.